The van der Waals surface area contributed by atoms with Crippen molar-refractivity contribution in [3.63, 3.8) is 0 Å². The maximum absolute atomic E-state index is 11.2. The Morgan fingerprint density at radius 3 is 2.37 bits per heavy atom. The molecule has 1 aromatic rings. The fourth-order valence-electron chi connectivity index (χ4n) is 2.95. The van der Waals surface area contributed by atoms with Crippen LogP contribution in [0.1, 0.15) is 38.1 Å². The minimum Gasteiger partial charge on any atom is -0.478 e. The van der Waals surface area contributed by atoms with Crippen molar-refractivity contribution in [1.29, 1.82) is 0 Å². The van der Waals surface area contributed by atoms with Crippen LogP contribution in [0.25, 0.3) is 0 Å². The van der Waals surface area contributed by atoms with E-state index in [1.165, 1.54) is 0 Å². The number of nitrogens with one attached hydrogen (secondary N) is 1. The van der Waals surface area contributed by atoms with Gasteiger partial charge in [-0.3, -0.25) is 0 Å². The Morgan fingerprint density at radius 1 is 1.32 bits per heavy atom. The number of anilines is 2. The Bertz CT molecular complexity index is 507. The fraction of sp³-hybridized carbons (Fsp3) is 0.533. The number of rotatable bonds is 4. The molecule has 2 rings (SSSR count). The summed E-state index contributed by atoms with van der Waals surface area (Å²) in [5, 5.41) is 12.4. The molecule has 0 atom stereocenters. The smallest absolute Gasteiger partial charge is 0.337 e. The topological polar surface area (TPSA) is 75.3 Å². The molecule has 1 aliphatic carbocycles. The van der Waals surface area contributed by atoms with E-state index in [1.54, 1.807) is 18.2 Å². The van der Waals surface area contributed by atoms with E-state index in [1.807, 2.05) is 0 Å². The van der Waals surface area contributed by atoms with Gasteiger partial charge in [0.15, 0.2) is 0 Å². The molecule has 0 aliphatic heterocycles. The number of nitrogen functional groups attached to an aromatic ring is 1. The molecule has 1 saturated carbocycles. The predicted octanol–water partition coefficient (Wildman–Crippen LogP) is 3.06. The van der Waals surface area contributed by atoms with Gasteiger partial charge in [0.1, 0.15) is 0 Å². The number of carboxylic acid groups (broad SMARTS) is 1. The molecular weight excluding hydrogens is 240 g/mol. The lowest BCUT2D eigenvalue weighted by Crippen LogP contribution is -2.12. The highest BCUT2D eigenvalue weighted by atomic mass is 16.4. The third kappa shape index (κ3) is 2.15. The van der Waals surface area contributed by atoms with Gasteiger partial charge < -0.3 is 16.2 Å². The monoisotopic (exact) mass is 262 g/mol. The summed E-state index contributed by atoms with van der Waals surface area (Å²) >= 11 is 0. The summed E-state index contributed by atoms with van der Waals surface area (Å²) in [6, 6.07) is 4.84. The number of nitrogens with two attached hydrogens (primary N) is 1. The van der Waals surface area contributed by atoms with Gasteiger partial charge in [-0.15, -0.1) is 0 Å². The third-order valence-electron chi connectivity index (χ3n) is 5.09. The van der Waals surface area contributed by atoms with Crippen molar-refractivity contribution in [2.75, 3.05) is 17.6 Å². The Balaban J connectivity index is 2.13. The van der Waals surface area contributed by atoms with Gasteiger partial charge in [-0.25, -0.2) is 4.79 Å². The van der Waals surface area contributed by atoms with Crippen LogP contribution in [0.4, 0.5) is 11.4 Å². The van der Waals surface area contributed by atoms with Crippen molar-refractivity contribution < 1.29 is 9.90 Å². The molecule has 0 bridgehead atoms. The van der Waals surface area contributed by atoms with E-state index in [9.17, 15) is 4.79 Å². The Morgan fingerprint density at radius 2 is 1.89 bits per heavy atom. The lowest BCUT2D eigenvalue weighted by Gasteiger charge is -2.11. The molecule has 0 radical (unpaired) electrons. The van der Waals surface area contributed by atoms with Gasteiger partial charge in [-0.05, 0) is 34.9 Å². The van der Waals surface area contributed by atoms with Gasteiger partial charge >= 0.3 is 5.97 Å². The fourth-order valence-corrected chi connectivity index (χ4v) is 2.95. The van der Waals surface area contributed by atoms with Gasteiger partial charge in [0.25, 0.3) is 0 Å². The number of hydrogen-bond acceptors (Lipinski definition) is 3. The first-order chi connectivity index (χ1) is 8.68. The average molecular weight is 262 g/mol. The summed E-state index contributed by atoms with van der Waals surface area (Å²) in [6.07, 6.45) is 0. The van der Waals surface area contributed by atoms with Crippen LogP contribution in [0.15, 0.2) is 18.2 Å². The van der Waals surface area contributed by atoms with Gasteiger partial charge in [0.2, 0.25) is 0 Å². The zero-order chi connectivity index (χ0) is 14.4. The first-order valence-electron chi connectivity index (χ1n) is 6.54. The van der Waals surface area contributed by atoms with E-state index in [-0.39, 0.29) is 16.4 Å². The first-order valence-corrected chi connectivity index (χ1v) is 6.54. The van der Waals surface area contributed by atoms with Crippen LogP contribution in [-0.2, 0) is 0 Å². The van der Waals surface area contributed by atoms with E-state index in [0.717, 1.165) is 6.54 Å². The van der Waals surface area contributed by atoms with Crippen LogP contribution in [0.3, 0.4) is 0 Å². The van der Waals surface area contributed by atoms with Gasteiger partial charge in [-0.2, -0.15) is 0 Å². The molecule has 1 fully saturated rings. The number of hydrogen-bond donors (Lipinski definition) is 3. The highest BCUT2D eigenvalue weighted by Crippen LogP contribution is 2.68. The highest BCUT2D eigenvalue weighted by Gasteiger charge is 2.64. The molecule has 0 saturated heterocycles. The second-order valence-corrected chi connectivity index (χ2v) is 6.49. The maximum Gasteiger partial charge on any atom is 0.337 e. The lowest BCUT2D eigenvalue weighted by atomic mass is 10.0. The SMILES string of the molecule is CC1(C)C(CNc2cc(N)ccc2C(=O)O)C1(C)C. The van der Waals surface area contributed by atoms with Crippen molar-refractivity contribution in [2.24, 2.45) is 16.7 Å². The van der Waals surface area contributed by atoms with Crippen molar-refractivity contribution in [1.82, 2.24) is 0 Å². The summed E-state index contributed by atoms with van der Waals surface area (Å²) in [4.78, 5) is 11.2. The Kier molecular flexibility index (Phi) is 3.00. The van der Waals surface area contributed by atoms with Gasteiger partial charge in [0.05, 0.1) is 11.3 Å². The molecule has 1 aromatic carbocycles. The van der Waals surface area contributed by atoms with Crippen LogP contribution >= 0.6 is 0 Å². The number of aromatic carboxylic acids is 1. The van der Waals surface area contributed by atoms with Crippen LogP contribution < -0.4 is 11.1 Å². The van der Waals surface area contributed by atoms with E-state index in [0.29, 0.717) is 17.3 Å². The number of benzene rings is 1. The molecule has 19 heavy (non-hydrogen) atoms. The normalized spacial score (nSPS) is 20.0. The maximum atomic E-state index is 11.2. The molecule has 4 heteroatoms. The molecule has 0 spiro atoms. The van der Waals surface area contributed by atoms with Crippen molar-refractivity contribution in [3.05, 3.63) is 23.8 Å². The number of carbonyl (C=O) groups is 1. The van der Waals surface area contributed by atoms with Crippen LogP contribution in [0.2, 0.25) is 0 Å². The van der Waals surface area contributed by atoms with E-state index in [2.05, 4.69) is 33.0 Å². The zero-order valence-electron chi connectivity index (χ0n) is 11.9. The molecule has 104 valence electrons. The molecule has 4 nitrogen and oxygen atoms in total. The van der Waals surface area contributed by atoms with E-state index in [4.69, 9.17) is 10.8 Å². The summed E-state index contributed by atoms with van der Waals surface area (Å²) in [6.45, 7) is 9.75. The summed E-state index contributed by atoms with van der Waals surface area (Å²) in [7, 11) is 0. The average Bonchev–Trinajstić information content (AvgIpc) is 2.66. The first kappa shape index (κ1) is 13.7. The second kappa shape index (κ2) is 4.15. The Labute approximate surface area is 114 Å². The zero-order valence-corrected chi connectivity index (χ0v) is 11.9. The molecule has 1 aliphatic rings. The van der Waals surface area contributed by atoms with E-state index < -0.39 is 5.97 Å². The molecular formula is C15H22N2O2. The molecule has 4 N–H and O–H groups in total. The van der Waals surface area contributed by atoms with Crippen LogP contribution in [0, 0.1) is 16.7 Å². The summed E-state index contributed by atoms with van der Waals surface area (Å²) < 4.78 is 0. The quantitative estimate of drug-likeness (QED) is 0.729. The molecule has 0 unspecified atom stereocenters. The largest absolute Gasteiger partial charge is 0.478 e. The molecule has 0 amide bonds. The Hall–Kier alpha value is -1.71. The lowest BCUT2D eigenvalue weighted by molar-refractivity contribution is 0.0698. The van der Waals surface area contributed by atoms with Gasteiger partial charge in [-0.1, -0.05) is 27.7 Å². The highest BCUT2D eigenvalue weighted by molar-refractivity contribution is 5.95. The third-order valence-corrected chi connectivity index (χ3v) is 5.09. The van der Waals surface area contributed by atoms with Crippen molar-refractivity contribution >= 4 is 17.3 Å². The minimum atomic E-state index is -0.934. The van der Waals surface area contributed by atoms with Crippen molar-refractivity contribution in [2.45, 2.75) is 27.7 Å². The second-order valence-electron chi connectivity index (χ2n) is 6.49. The van der Waals surface area contributed by atoms with Crippen LogP contribution in [0.5, 0.6) is 0 Å². The minimum absolute atomic E-state index is 0.269. The van der Waals surface area contributed by atoms with Crippen LogP contribution in [-0.4, -0.2) is 17.6 Å². The van der Waals surface area contributed by atoms with E-state index >= 15 is 0 Å². The van der Waals surface area contributed by atoms with Gasteiger partial charge in [0, 0.05) is 12.2 Å². The summed E-state index contributed by atoms with van der Waals surface area (Å²) in [5.41, 5.74) is 7.73. The number of carboxylic acids is 1. The predicted molar refractivity (Wildman–Crippen MR) is 77.4 cm³/mol. The standard InChI is InChI=1S/C15H22N2O2/c1-14(2)12(15(14,3)4)8-17-11-7-9(16)5-6-10(11)13(18)19/h5-7,12,17H,8,16H2,1-4H3,(H,18,19). The molecule has 0 heterocycles. The summed E-state index contributed by atoms with van der Waals surface area (Å²) in [5.74, 6) is -0.403. The van der Waals surface area contributed by atoms with Crippen molar-refractivity contribution in [3.8, 4) is 0 Å². The molecule has 0 aromatic heterocycles.